The van der Waals surface area contributed by atoms with E-state index in [2.05, 4.69) is 15.3 Å². The van der Waals surface area contributed by atoms with Gasteiger partial charge in [0.05, 0.1) is 20.2 Å². The number of aliphatic carboxylic acids is 1. The number of hydrogen-bond donors (Lipinski definition) is 3. The summed E-state index contributed by atoms with van der Waals surface area (Å²) in [5, 5.41) is 11.7. The summed E-state index contributed by atoms with van der Waals surface area (Å²) >= 11 is 0. The quantitative estimate of drug-likeness (QED) is 0.506. The maximum Gasteiger partial charge on any atom is 0.328 e. The Hall–Kier alpha value is -3.20. The number of aryl methyl sites for hydroxylation is 1. The number of imidazole rings is 1. The Labute approximate surface area is 162 Å². The number of rotatable bonds is 10. The van der Waals surface area contributed by atoms with E-state index < -0.39 is 23.9 Å². The molecule has 1 atom stereocenters. The monoisotopic (exact) mass is 388 g/mol. The summed E-state index contributed by atoms with van der Waals surface area (Å²) in [4.78, 5) is 44.2. The molecule has 1 heterocycles. The summed E-state index contributed by atoms with van der Waals surface area (Å²) in [7, 11) is 1.24. The second-order valence-electron chi connectivity index (χ2n) is 6.37. The standard InChI is InChI=1S/C19H24N4O5/c1-13-20-9-15(21-13)8-16(19(27)28-2)22-17(24)11-23(12-18(25)26)10-14-6-4-3-5-7-14/h3-7,9,16H,8,10-12H2,1-2H3,(H,20,21)(H,22,24)(H,25,26)/t16-/m0/s1. The first-order chi connectivity index (χ1) is 13.4. The number of methoxy groups -OCH3 is 1. The number of carbonyl (C=O) groups is 3. The average Bonchev–Trinajstić information content (AvgIpc) is 3.05. The van der Waals surface area contributed by atoms with Gasteiger partial charge in [-0.15, -0.1) is 0 Å². The summed E-state index contributed by atoms with van der Waals surface area (Å²) in [6.07, 6.45) is 1.78. The molecule has 3 N–H and O–H groups in total. The number of nitrogens with one attached hydrogen (secondary N) is 2. The number of carbonyl (C=O) groups excluding carboxylic acids is 2. The molecule has 0 bridgehead atoms. The van der Waals surface area contributed by atoms with Gasteiger partial charge in [0.1, 0.15) is 11.9 Å². The number of aromatic nitrogens is 2. The van der Waals surface area contributed by atoms with Crippen LogP contribution in [-0.4, -0.2) is 64.1 Å². The van der Waals surface area contributed by atoms with E-state index in [1.54, 1.807) is 13.1 Å². The van der Waals surface area contributed by atoms with E-state index in [0.29, 0.717) is 18.1 Å². The molecule has 0 aliphatic heterocycles. The minimum absolute atomic E-state index is 0.170. The summed E-state index contributed by atoms with van der Waals surface area (Å²) in [5.41, 5.74) is 1.56. The molecule has 0 saturated heterocycles. The topological polar surface area (TPSA) is 125 Å². The van der Waals surface area contributed by atoms with Crippen LogP contribution in [0.3, 0.4) is 0 Å². The second-order valence-corrected chi connectivity index (χ2v) is 6.37. The van der Waals surface area contributed by atoms with Gasteiger partial charge in [-0.3, -0.25) is 14.5 Å². The Morgan fingerprint density at radius 2 is 1.96 bits per heavy atom. The zero-order chi connectivity index (χ0) is 20.5. The maximum absolute atomic E-state index is 12.5. The Morgan fingerprint density at radius 3 is 2.54 bits per heavy atom. The minimum Gasteiger partial charge on any atom is -0.480 e. The first-order valence-corrected chi connectivity index (χ1v) is 8.73. The molecule has 0 radical (unpaired) electrons. The van der Waals surface area contributed by atoms with Crippen molar-refractivity contribution in [1.29, 1.82) is 0 Å². The van der Waals surface area contributed by atoms with Gasteiger partial charge in [0.25, 0.3) is 0 Å². The Kier molecular flexibility index (Phi) is 7.70. The second kappa shape index (κ2) is 10.2. The van der Waals surface area contributed by atoms with E-state index in [0.717, 1.165) is 5.56 Å². The largest absolute Gasteiger partial charge is 0.480 e. The molecule has 0 spiro atoms. The van der Waals surface area contributed by atoms with Crippen LogP contribution in [0, 0.1) is 6.92 Å². The van der Waals surface area contributed by atoms with Crippen molar-refractivity contribution in [2.75, 3.05) is 20.2 Å². The van der Waals surface area contributed by atoms with Crippen LogP contribution in [0.1, 0.15) is 17.1 Å². The number of aromatic amines is 1. The predicted molar refractivity (Wildman–Crippen MR) is 100 cm³/mol. The number of hydrogen-bond acceptors (Lipinski definition) is 6. The number of H-pyrrole nitrogens is 1. The van der Waals surface area contributed by atoms with E-state index in [9.17, 15) is 14.4 Å². The smallest absolute Gasteiger partial charge is 0.328 e. The number of amides is 1. The SMILES string of the molecule is COC(=O)[C@H](Cc1cnc(C)[nH]1)NC(=O)CN(CC(=O)O)Cc1ccccc1. The third kappa shape index (κ3) is 6.84. The fraction of sp³-hybridized carbons (Fsp3) is 0.368. The Balaban J connectivity index is 2.02. The van der Waals surface area contributed by atoms with Crippen molar-refractivity contribution in [3.05, 3.63) is 53.6 Å². The van der Waals surface area contributed by atoms with Crippen LogP contribution in [0.2, 0.25) is 0 Å². The molecule has 9 nitrogen and oxygen atoms in total. The van der Waals surface area contributed by atoms with Crippen molar-refractivity contribution in [2.24, 2.45) is 0 Å². The number of ether oxygens (including phenoxy) is 1. The highest BCUT2D eigenvalue weighted by molar-refractivity contribution is 5.86. The van der Waals surface area contributed by atoms with Gasteiger partial charge in [-0.2, -0.15) is 0 Å². The fourth-order valence-electron chi connectivity index (χ4n) is 2.77. The molecule has 2 rings (SSSR count). The van der Waals surface area contributed by atoms with Crippen molar-refractivity contribution in [1.82, 2.24) is 20.2 Å². The van der Waals surface area contributed by atoms with Gasteiger partial charge in [0.2, 0.25) is 5.91 Å². The normalized spacial score (nSPS) is 11.8. The number of nitrogens with zero attached hydrogens (tertiary/aromatic N) is 2. The molecular weight excluding hydrogens is 364 g/mol. The predicted octanol–water partition coefficient (Wildman–Crippen LogP) is 0.505. The first-order valence-electron chi connectivity index (χ1n) is 8.73. The lowest BCUT2D eigenvalue weighted by molar-refractivity contribution is -0.145. The van der Waals surface area contributed by atoms with Gasteiger partial charge in [-0.05, 0) is 12.5 Å². The van der Waals surface area contributed by atoms with Crippen molar-refractivity contribution in [2.45, 2.75) is 25.9 Å². The molecule has 2 aromatic rings. The average molecular weight is 388 g/mol. The van der Waals surface area contributed by atoms with Gasteiger partial charge in [-0.1, -0.05) is 30.3 Å². The Morgan fingerprint density at radius 1 is 1.25 bits per heavy atom. The molecule has 0 fully saturated rings. The van der Waals surface area contributed by atoms with Crippen LogP contribution in [0.25, 0.3) is 0 Å². The van der Waals surface area contributed by atoms with Crippen LogP contribution >= 0.6 is 0 Å². The van der Waals surface area contributed by atoms with Crippen molar-refractivity contribution >= 4 is 17.8 Å². The van der Waals surface area contributed by atoms with Gasteiger partial charge in [0, 0.05) is 24.9 Å². The van der Waals surface area contributed by atoms with E-state index in [1.807, 2.05) is 30.3 Å². The van der Waals surface area contributed by atoms with E-state index in [4.69, 9.17) is 9.84 Å². The summed E-state index contributed by atoms with van der Waals surface area (Å²) < 4.78 is 4.76. The Bertz CT molecular complexity index is 806. The first kappa shape index (κ1) is 21.1. The van der Waals surface area contributed by atoms with E-state index in [-0.39, 0.29) is 19.5 Å². The molecule has 1 aromatic carbocycles. The van der Waals surface area contributed by atoms with Crippen LogP contribution in [-0.2, 0) is 32.1 Å². The van der Waals surface area contributed by atoms with Gasteiger partial charge in [-0.25, -0.2) is 9.78 Å². The highest BCUT2D eigenvalue weighted by Crippen LogP contribution is 2.06. The lowest BCUT2D eigenvalue weighted by Gasteiger charge is -2.22. The zero-order valence-electron chi connectivity index (χ0n) is 15.8. The molecule has 150 valence electrons. The molecule has 1 amide bonds. The van der Waals surface area contributed by atoms with Gasteiger partial charge in [0.15, 0.2) is 0 Å². The van der Waals surface area contributed by atoms with Crippen LogP contribution < -0.4 is 5.32 Å². The maximum atomic E-state index is 12.5. The number of esters is 1. The molecule has 0 aliphatic rings. The van der Waals surface area contributed by atoms with E-state index >= 15 is 0 Å². The highest BCUT2D eigenvalue weighted by Gasteiger charge is 2.24. The van der Waals surface area contributed by atoms with Crippen molar-refractivity contribution < 1.29 is 24.2 Å². The number of carboxylic acid groups (broad SMARTS) is 1. The molecule has 9 heteroatoms. The minimum atomic E-state index is -1.04. The molecule has 0 unspecified atom stereocenters. The third-order valence-corrected chi connectivity index (χ3v) is 3.98. The molecule has 1 aromatic heterocycles. The van der Waals surface area contributed by atoms with Crippen molar-refractivity contribution in [3.63, 3.8) is 0 Å². The molecule has 0 aliphatic carbocycles. The number of benzene rings is 1. The highest BCUT2D eigenvalue weighted by atomic mass is 16.5. The van der Waals surface area contributed by atoms with Crippen molar-refractivity contribution in [3.8, 4) is 0 Å². The summed E-state index contributed by atoms with van der Waals surface area (Å²) in [6, 6.07) is 8.34. The van der Waals surface area contributed by atoms with Crippen LogP contribution in [0.4, 0.5) is 0 Å². The lowest BCUT2D eigenvalue weighted by Crippen LogP contribution is -2.47. The summed E-state index contributed by atoms with van der Waals surface area (Å²) in [6.45, 7) is 1.60. The van der Waals surface area contributed by atoms with Crippen LogP contribution in [0.15, 0.2) is 36.5 Å². The van der Waals surface area contributed by atoms with Gasteiger partial charge < -0.3 is 20.1 Å². The lowest BCUT2D eigenvalue weighted by atomic mass is 10.1. The third-order valence-electron chi connectivity index (χ3n) is 3.98. The molecule has 28 heavy (non-hydrogen) atoms. The number of carboxylic acids is 1. The summed E-state index contributed by atoms with van der Waals surface area (Å²) in [5.74, 6) is -1.40. The van der Waals surface area contributed by atoms with Crippen LogP contribution in [0.5, 0.6) is 0 Å². The molecule has 0 saturated carbocycles. The fourth-order valence-corrected chi connectivity index (χ4v) is 2.77. The zero-order valence-corrected chi connectivity index (χ0v) is 15.8. The molecular formula is C19H24N4O5. The van der Waals surface area contributed by atoms with E-state index in [1.165, 1.54) is 12.0 Å². The van der Waals surface area contributed by atoms with Gasteiger partial charge >= 0.3 is 11.9 Å².